The van der Waals surface area contributed by atoms with Crippen molar-refractivity contribution >= 4 is 34.1 Å². The number of halogens is 1. The van der Waals surface area contributed by atoms with Crippen molar-refractivity contribution in [2.24, 2.45) is 0 Å². The van der Waals surface area contributed by atoms with E-state index in [-0.39, 0.29) is 11.8 Å². The first kappa shape index (κ1) is 12.4. The molecule has 0 spiro atoms. The van der Waals surface area contributed by atoms with E-state index in [0.29, 0.717) is 11.0 Å². The summed E-state index contributed by atoms with van der Waals surface area (Å²) in [5.41, 5.74) is 3.77. The van der Waals surface area contributed by atoms with Crippen LogP contribution in [0.2, 0.25) is 5.15 Å². The number of aromatic nitrogens is 2. The molecule has 1 atom stereocenters. The summed E-state index contributed by atoms with van der Waals surface area (Å²) in [4.78, 5) is 22.5. The van der Waals surface area contributed by atoms with Crippen molar-refractivity contribution in [1.29, 1.82) is 0 Å². The Labute approximate surface area is 116 Å². The third kappa shape index (κ3) is 1.56. The van der Waals surface area contributed by atoms with Gasteiger partial charge in [-0.05, 0) is 38.0 Å². The van der Waals surface area contributed by atoms with Crippen LogP contribution in [0.3, 0.4) is 0 Å². The van der Waals surface area contributed by atoms with E-state index in [4.69, 9.17) is 11.6 Å². The van der Waals surface area contributed by atoms with Crippen LogP contribution in [0.4, 0.5) is 5.69 Å². The normalized spacial score (nSPS) is 18.3. The lowest BCUT2D eigenvalue weighted by Crippen LogP contribution is -2.23. The van der Waals surface area contributed by atoms with E-state index in [9.17, 15) is 4.79 Å². The van der Waals surface area contributed by atoms with Gasteiger partial charge in [-0.3, -0.25) is 4.79 Å². The molecule has 3 rings (SSSR count). The SMILES string of the molecule is Cc1nc(Cl)c2cc3c(c(C)c2n1)N(C)C(=O)C3C. The second kappa shape index (κ2) is 3.90. The highest BCUT2D eigenvalue weighted by Crippen LogP contribution is 2.42. The highest BCUT2D eigenvalue weighted by atomic mass is 35.5. The molecule has 2 aromatic rings. The van der Waals surface area contributed by atoms with Gasteiger partial charge in [0, 0.05) is 12.4 Å². The van der Waals surface area contributed by atoms with Gasteiger partial charge in [-0.2, -0.15) is 0 Å². The number of rotatable bonds is 0. The molecule has 5 heteroatoms. The molecule has 0 bridgehead atoms. The van der Waals surface area contributed by atoms with Crippen LogP contribution in [0, 0.1) is 13.8 Å². The van der Waals surface area contributed by atoms with E-state index in [2.05, 4.69) is 9.97 Å². The quantitative estimate of drug-likeness (QED) is 0.695. The number of carbonyl (C=O) groups is 1. The summed E-state index contributed by atoms with van der Waals surface area (Å²) < 4.78 is 0. The fourth-order valence-electron chi connectivity index (χ4n) is 2.82. The number of anilines is 1. The van der Waals surface area contributed by atoms with E-state index < -0.39 is 0 Å². The molecule has 1 aromatic heterocycles. The average Bonchev–Trinajstić information content (AvgIpc) is 2.56. The van der Waals surface area contributed by atoms with Gasteiger partial charge in [0.2, 0.25) is 5.91 Å². The lowest BCUT2D eigenvalue weighted by Gasteiger charge is -2.15. The molecule has 0 saturated carbocycles. The van der Waals surface area contributed by atoms with Crippen LogP contribution in [0.15, 0.2) is 6.07 Å². The number of amides is 1. The number of aryl methyl sites for hydroxylation is 2. The monoisotopic (exact) mass is 275 g/mol. The Morgan fingerprint density at radius 1 is 1.32 bits per heavy atom. The maximum absolute atomic E-state index is 12.1. The molecule has 1 aliphatic rings. The van der Waals surface area contributed by atoms with Gasteiger partial charge in [-0.15, -0.1) is 0 Å². The molecule has 1 aliphatic heterocycles. The van der Waals surface area contributed by atoms with Crippen LogP contribution >= 0.6 is 11.6 Å². The summed E-state index contributed by atoms with van der Waals surface area (Å²) in [7, 11) is 1.80. The summed E-state index contributed by atoms with van der Waals surface area (Å²) in [5, 5.41) is 1.26. The molecule has 0 aliphatic carbocycles. The van der Waals surface area contributed by atoms with Gasteiger partial charge >= 0.3 is 0 Å². The molecule has 1 aromatic carbocycles. The minimum absolute atomic E-state index is 0.106. The highest BCUT2D eigenvalue weighted by molar-refractivity contribution is 6.34. The van der Waals surface area contributed by atoms with Gasteiger partial charge < -0.3 is 4.90 Å². The maximum Gasteiger partial charge on any atom is 0.234 e. The molecular weight excluding hydrogens is 262 g/mol. The van der Waals surface area contributed by atoms with E-state index in [1.807, 2.05) is 26.8 Å². The number of nitrogens with zero attached hydrogens (tertiary/aromatic N) is 3. The smallest absolute Gasteiger partial charge is 0.234 e. The number of hydrogen-bond acceptors (Lipinski definition) is 3. The van der Waals surface area contributed by atoms with Gasteiger partial charge in [0.1, 0.15) is 11.0 Å². The molecular formula is C14H14ClN3O. The van der Waals surface area contributed by atoms with Crippen LogP contribution in [0.25, 0.3) is 10.9 Å². The first-order valence-corrected chi connectivity index (χ1v) is 6.54. The first-order valence-electron chi connectivity index (χ1n) is 6.16. The molecule has 98 valence electrons. The molecule has 0 saturated heterocycles. The molecule has 0 fully saturated rings. The number of carbonyl (C=O) groups excluding carboxylic acids is 1. The Balaban J connectivity index is 2.45. The van der Waals surface area contributed by atoms with Crippen molar-refractivity contribution in [3.8, 4) is 0 Å². The molecule has 2 heterocycles. The zero-order chi connectivity index (χ0) is 13.9. The average molecular weight is 276 g/mol. The molecule has 4 nitrogen and oxygen atoms in total. The number of likely N-dealkylation sites (N-methyl/N-ethyl adjacent to an activating group) is 1. The fraction of sp³-hybridized carbons (Fsp3) is 0.357. The maximum atomic E-state index is 12.1. The van der Waals surface area contributed by atoms with Crippen molar-refractivity contribution < 1.29 is 4.79 Å². The third-order valence-electron chi connectivity index (χ3n) is 3.80. The predicted octanol–water partition coefficient (Wildman–Crippen LogP) is 2.98. The minimum atomic E-state index is -0.138. The summed E-state index contributed by atoms with van der Waals surface area (Å²) in [5.74, 6) is 0.607. The number of hydrogen-bond donors (Lipinski definition) is 0. The van der Waals surface area contributed by atoms with Crippen LogP contribution in [-0.2, 0) is 4.79 Å². The molecule has 1 amide bonds. The highest BCUT2D eigenvalue weighted by Gasteiger charge is 2.34. The van der Waals surface area contributed by atoms with E-state index in [1.165, 1.54) is 0 Å². The minimum Gasteiger partial charge on any atom is -0.314 e. The summed E-state index contributed by atoms with van der Waals surface area (Å²) in [6, 6.07) is 1.95. The second-order valence-corrected chi connectivity index (χ2v) is 5.37. The van der Waals surface area contributed by atoms with Crippen molar-refractivity contribution in [2.75, 3.05) is 11.9 Å². The Bertz CT molecular complexity index is 726. The molecule has 19 heavy (non-hydrogen) atoms. The van der Waals surface area contributed by atoms with Crippen LogP contribution < -0.4 is 4.90 Å². The number of benzene rings is 1. The fourth-order valence-corrected chi connectivity index (χ4v) is 3.09. The zero-order valence-corrected chi connectivity index (χ0v) is 12.0. The van der Waals surface area contributed by atoms with Crippen molar-refractivity contribution in [1.82, 2.24) is 9.97 Å². The summed E-state index contributed by atoms with van der Waals surface area (Å²) in [6.45, 7) is 5.71. The van der Waals surface area contributed by atoms with E-state index in [0.717, 1.165) is 27.7 Å². The Hall–Kier alpha value is -1.68. The van der Waals surface area contributed by atoms with Crippen LogP contribution in [0.1, 0.15) is 29.8 Å². The first-order chi connectivity index (χ1) is 8.91. The summed E-state index contributed by atoms with van der Waals surface area (Å²) >= 11 is 6.21. The largest absolute Gasteiger partial charge is 0.314 e. The van der Waals surface area contributed by atoms with Crippen molar-refractivity contribution in [3.05, 3.63) is 28.2 Å². The lowest BCUT2D eigenvalue weighted by molar-refractivity contribution is -0.118. The number of fused-ring (bicyclic) bond motifs is 2. The molecule has 0 N–H and O–H groups in total. The van der Waals surface area contributed by atoms with Gasteiger partial charge in [-0.25, -0.2) is 9.97 Å². The van der Waals surface area contributed by atoms with Crippen molar-refractivity contribution in [3.63, 3.8) is 0 Å². The van der Waals surface area contributed by atoms with E-state index >= 15 is 0 Å². The van der Waals surface area contributed by atoms with Gasteiger partial charge in [0.25, 0.3) is 0 Å². The van der Waals surface area contributed by atoms with Crippen molar-refractivity contribution in [2.45, 2.75) is 26.7 Å². The standard InChI is InChI=1S/C14H14ClN3O/c1-6-9-5-10-11(16-8(3)17-13(10)15)7(2)12(9)18(4)14(6)19/h5-6H,1-4H3. The van der Waals surface area contributed by atoms with Gasteiger partial charge in [-0.1, -0.05) is 11.6 Å². The predicted molar refractivity (Wildman–Crippen MR) is 75.8 cm³/mol. The second-order valence-electron chi connectivity index (χ2n) is 5.02. The Morgan fingerprint density at radius 2 is 2.00 bits per heavy atom. The Morgan fingerprint density at radius 3 is 2.68 bits per heavy atom. The Kier molecular flexibility index (Phi) is 2.54. The lowest BCUT2D eigenvalue weighted by atomic mass is 9.98. The van der Waals surface area contributed by atoms with E-state index in [1.54, 1.807) is 11.9 Å². The topological polar surface area (TPSA) is 46.1 Å². The molecule has 1 unspecified atom stereocenters. The van der Waals surface area contributed by atoms with Crippen LogP contribution in [0.5, 0.6) is 0 Å². The van der Waals surface area contributed by atoms with Crippen LogP contribution in [-0.4, -0.2) is 22.9 Å². The zero-order valence-electron chi connectivity index (χ0n) is 11.3. The molecule has 0 radical (unpaired) electrons. The summed E-state index contributed by atoms with van der Waals surface area (Å²) in [6.07, 6.45) is 0. The van der Waals surface area contributed by atoms with Gasteiger partial charge in [0.05, 0.1) is 17.1 Å². The third-order valence-corrected chi connectivity index (χ3v) is 4.09. The van der Waals surface area contributed by atoms with Gasteiger partial charge in [0.15, 0.2) is 0 Å².